The maximum Gasteiger partial charge on any atom is 0.259 e. The molecule has 0 saturated heterocycles. The zero-order valence-corrected chi connectivity index (χ0v) is 16.1. The summed E-state index contributed by atoms with van der Waals surface area (Å²) in [7, 11) is 0. The van der Waals surface area contributed by atoms with E-state index in [2.05, 4.69) is 24.4 Å². The highest BCUT2D eigenvalue weighted by atomic mass is 32.2. The summed E-state index contributed by atoms with van der Waals surface area (Å²) in [6.45, 7) is 4.14. The first-order valence-corrected chi connectivity index (χ1v) is 9.88. The minimum absolute atomic E-state index is 0.179. The monoisotopic (exact) mass is 378 g/mol. The lowest BCUT2D eigenvalue weighted by atomic mass is 10.1. The predicted octanol–water partition coefficient (Wildman–Crippen LogP) is 3.47. The number of hydroxylamine groups is 1. The molecule has 3 N–H and O–H groups in total. The molecular formula is C18H22N2O3S2. The molecule has 0 aliphatic carbocycles. The third-order valence-corrected chi connectivity index (χ3v) is 6.43. The van der Waals surface area contributed by atoms with Gasteiger partial charge >= 0.3 is 0 Å². The molecule has 134 valence electrons. The average molecular weight is 379 g/mol. The summed E-state index contributed by atoms with van der Waals surface area (Å²) in [6, 6.07) is 11.6. The van der Waals surface area contributed by atoms with Gasteiger partial charge in [0.15, 0.2) is 0 Å². The fourth-order valence-electron chi connectivity index (χ4n) is 2.32. The lowest BCUT2D eigenvalue weighted by Crippen LogP contribution is -2.43. The fourth-order valence-corrected chi connectivity index (χ4v) is 3.73. The van der Waals surface area contributed by atoms with Crippen LogP contribution in [-0.2, 0) is 4.79 Å². The molecule has 1 aromatic carbocycles. The van der Waals surface area contributed by atoms with Gasteiger partial charge in [0.05, 0.1) is 4.75 Å². The number of hydrogen-bond acceptors (Lipinski definition) is 5. The Balaban J connectivity index is 1.94. The number of aryl methyl sites for hydroxylation is 1. The number of carbonyl (C=O) groups is 2. The second-order valence-electron chi connectivity index (χ2n) is 5.87. The first-order chi connectivity index (χ1) is 11.9. The maximum atomic E-state index is 12.2. The molecule has 7 heteroatoms. The molecule has 0 fully saturated rings. The smallest absolute Gasteiger partial charge is 0.259 e. The standard InChI is InChI=1S/C18H22N2O3S2/c1-12-4-9-15(25-12)13-5-7-14(8-6-13)16(21)19-11-10-18(2,24-3)17(22)20-23/h4-9,23H,10-11H2,1-3H3,(H,19,21)(H,20,22). The number of carbonyl (C=O) groups excluding carboxylic acids is 2. The molecule has 0 radical (unpaired) electrons. The molecule has 0 saturated carbocycles. The quantitative estimate of drug-likeness (QED) is 0.509. The van der Waals surface area contributed by atoms with E-state index in [9.17, 15) is 9.59 Å². The Labute approximate surface area is 155 Å². The van der Waals surface area contributed by atoms with Crippen LogP contribution in [0, 0.1) is 6.92 Å². The van der Waals surface area contributed by atoms with Crippen molar-refractivity contribution in [1.29, 1.82) is 0 Å². The van der Waals surface area contributed by atoms with Crippen LogP contribution in [0.5, 0.6) is 0 Å². The van der Waals surface area contributed by atoms with Gasteiger partial charge in [0.25, 0.3) is 11.8 Å². The molecule has 1 atom stereocenters. The third-order valence-electron chi connectivity index (χ3n) is 4.09. The highest BCUT2D eigenvalue weighted by Gasteiger charge is 2.31. The number of hydrogen-bond donors (Lipinski definition) is 3. The largest absolute Gasteiger partial charge is 0.352 e. The Morgan fingerprint density at radius 1 is 1.20 bits per heavy atom. The molecule has 2 aromatic rings. The van der Waals surface area contributed by atoms with Gasteiger partial charge < -0.3 is 5.32 Å². The Bertz CT molecular complexity index is 743. The van der Waals surface area contributed by atoms with Crippen molar-refractivity contribution in [3.05, 3.63) is 46.8 Å². The summed E-state index contributed by atoms with van der Waals surface area (Å²) in [5.74, 6) is -0.647. The van der Waals surface area contributed by atoms with Crippen LogP contribution in [0.25, 0.3) is 10.4 Å². The molecule has 0 aliphatic heterocycles. The molecule has 1 aromatic heterocycles. The van der Waals surface area contributed by atoms with Gasteiger partial charge in [-0.25, -0.2) is 5.48 Å². The van der Waals surface area contributed by atoms with Gasteiger partial charge in [-0.3, -0.25) is 14.8 Å². The molecule has 25 heavy (non-hydrogen) atoms. The van der Waals surface area contributed by atoms with Gasteiger partial charge in [-0.15, -0.1) is 23.1 Å². The highest BCUT2D eigenvalue weighted by Crippen LogP contribution is 2.28. The highest BCUT2D eigenvalue weighted by molar-refractivity contribution is 8.00. The first kappa shape index (κ1) is 19.5. The van der Waals surface area contributed by atoms with E-state index >= 15 is 0 Å². The van der Waals surface area contributed by atoms with Crippen LogP contribution in [0.2, 0.25) is 0 Å². The van der Waals surface area contributed by atoms with E-state index in [0.29, 0.717) is 18.5 Å². The molecule has 1 unspecified atom stereocenters. The Kier molecular flexibility index (Phi) is 6.64. The lowest BCUT2D eigenvalue weighted by molar-refractivity contribution is -0.131. The van der Waals surface area contributed by atoms with Crippen LogP contribution >= 0.6 is 23.1 Å². The molecule has 0 bridgehead atoms. The Morgan fingerprint density at radius 2 is 1.88 bits per heavy atom. The summed E-state index contributed by atoms with van der Waals surface area (Å²) >= 11 is 3.05. The van der Waals surface area contributed by atoms with Crippen molar-refractivity contribution in [1.82, 2.24) is 10.8 Å². The van der Waals surface area contributed by atoms with Crippen molar-refractivity contribution in [3.8, 4) is 10.4 Å². The van der Waals surface area contributed by atoms with Crippen molar-refractivity contribution in [3.63, 3.8) is 0 Å². The summed E-state index contributed by atoms with van der Waals surface area (Å²) in [5, 5.41) is 11.6. The van der Waals surface area contributed by atoms with E-state index in [4.69, 9.17) is 5.21 Å². The van der Waals surface area contributed by atoms with Crippen LogP contribution in [-0.4, -0.2) is 34.6 Å². The van der Waals surface area contributed by atoms with Gasteiger partial charge in [0, 0.05) is 21.9 Å². The second kappa shape index (κ2) is 8.51. The van der Waals surface area contributed by atoms with Gasteiger partial charge in [-0.05, 0) is 56.4 Å². The predicted molar refractivity (Wildman–Crippen MR) is 103 cm³/mol. The molecular weight excluding hydrogens is 356 g/mol. The fraction of sp³-hybridized carbons (Fsp3) is 0.333. The molecule has 1 heterocycles. The Morgan fingerprint density at radius 3 is 2.40 bits per heavy atom. The topological polar surface area (TPSA) is 78.4 Å². The zero-order valence-electron chi connectivity index (χ0n) is 14.5. The van der Waals surface area contributed by atoms with Crippen LogP contribution in [0.4, 0.5) is 0 Å². The Hall–Kier alpha value is -1.83. The molecule has 0 aliphatic rings. The number of thiophene rings is 1. The molecule has 0 spiro atoms. The SMILES string of the molecule is CSC(C)(CCNC(=O)c1ccc(-c2ccc(C)s2)cc1)C(=O)NO. The summed E-state index contributed by atoms with van der Waals surface area (Å²) in [5.41, 5.74) is 3.34. The van der Waals surface area contributed by atoms with Gasteiger partial charge in [0.1, 0.15) is 0 Å². The van der Waals surface area contributed by atoms with Crippen LogP contribution < -0.4 is 10.8 Å². The minimum Gasteiger partial charge on any atom is -0.352 e. The van der Waals surface area contributed by atoms with E-state index in [-0.39, 0.29) is 5.91 Å². The second-order valence-corrected chi connectivity index (χ2v) is 8.47. The molecule has 2 rings (SSSR count). The zero-order chi connectivity index (χ0) is 18.4. The average Bonchev–Trinajstić information content (AvgIpc) is 3.07. The summed E-state index contributed by atoms with van der Waals surface area (Å²) < 4.78 is -0.789. The van der Waals surface area contributed by atoms with E-state index in [1.165, 1.54) is 21.5 Å². The number of thioether (sulfide) groups is 1. The summed E-state index contributed by atoms with van der Waals surface area (Å²) in [4.78, 5) is 26.4. The number of nitrogens with one attached hydrogen (secondary N) is 2. The molecule has 2 amide bonds. The van der Waals surface area contributed by atoms with E-state index < -0.39 is 10.7 Å². The van der Waals surface area contributed by atoms with Crippen LogP contribution in [0.1, 0.15) is 28.6 Å². The van der Waals surface area contributed by atoms with Crippen LogP contribution in [0.15, 0.2) is 36.4 Å². The van der Waals surface area contributed by atoms with E-state index in [1.807, 2.05) is 12.1 Å². The number of rotatable bonds is 7. The minimum atomic E-state index is -0.789. The normalized spacial score (nSPS) is 13.1. The van der Waals surface area contributed by atoms with E-state index in [1.54, 1.807) is 42.1 Å². The van der Waals surface area contributed by atoms with Crippen molar-refractivity contribution in [2.45, 2.75) is 25.0 Å². The maximum absolute atomic E-state index is 12.2. The summed E-state index contributed by atoms with van der Waals surface area (Å²) in [6.07, 6.45) is 2.21. The van der Waals surface area contributed by atoms with Gasteiger partial charge in [0.2, 0.25) is 0 Å². The van der Waals surface area contributed by atoms with Crippen molar-refractivity contribution < 1.29 is 14.8 Å². The molecule has 5 nitrogen and oxygen atoms in total. The first-order valence-electron chi connectivity index (χ1n) is 7.84. The number of benzene rings is 1. The van der Waals surface area contributed by atoms with Crippen LogP contribution in [0.3, 0.4) is 0 Å². The van der Waals surface area contributed by atoms with Crippen molar-refractivity contribution in [2.24, 2.45) is 0 Å². The third kappa shape index (κ3) is 4.84. The number of amides is 2. The van der Waals surface area contributed by atoms with Crippen molar-refractivity contribution >= 4 is 34.9 Å². The van der Waals surface area contributed by atoms with E-state index in [0.717, 1.165) is 5.56 Å². The van der Waals surface area contributed by atoms with Gasteiger partial charge in [-0.2, -0.15) is 0 Å². The lowest BCUT2D eigenvalue weighted by Gasteiger charge is -2.24. The van der Waals surface area contributed by atoms with Gasteiger partial charge in [-0.1, -0.05) is 12.1 Å². The van der Waals surface area contributed by atoms with Crippen molar-refractivity contribution in [2.75, 3.05) is 12.8 Å².